The first-order chi connectivity index (χ1) is 12.3. The van der Waals surface area contributed by atoms with Crippen LogP contribution in [0.25, 0.3) is 10.9 Å². The summed E-state index contributed by atoms with van der Waals surface area (Å²) >= 11 is 6.58. The van der Waals surface area contributed by atoms with Crippen molar-refractivity contribution in [2.45, 2.75) is 38.3 Å². The van der Waals surface area contributed by atoms with Gasteiger partial charge in [-0.15, -0.1) is 0 Å². The fourth-order valence-corrected chi connectivity index (χ4v) is 4.37. The van der Waals surface area contributed by atoms with Gasteiger partial charge >= 0.3 is 5.69 Å². The highest BCUT2D eigenvalue weighted by molar-refractivity contribution is 6.38. The minimum Gasteiger partial charge on any atom is -0.366 e. The zero-order valence-electron chi connectivity index (χ0n) is 14.4. The van der Waals surface area contributed by atoms with E-state index in [1.807, 2.05) is 11.8 Å². The van der Waals surface area contributed by atoms with Gasteiger partial charge < -0.3 is 16.5 Å². The molecular weight excluding hydrogens is 361 g/mol. The molecule has 0 bridgehead atoms. The first-order valence-corrected chi connectivity index (χ1v) is 9.12. The number of nitrogen functional groups attached to an aromatic ring is 1. The summed E-state index contributed by atoms with van der Waals surface area (Å²) in [5.41, 5.74) is 5.16. The van der Waals surface area contributed by atoms with Crippen molar-refractivity contribution in [3.05, 3.63) is 37.7 Å². The summed E-state index contributed by atoms with van der Waals surface area (Å²) in [7, 11) is 0. The van der Waals surface area contributed by atoms with Gasteiger partial charge in [0.1, 0.15) is 5.82 Å². The SMILES string of the molecule is C[C@H]1C[C@H](N)CN(c2c(F)cc3c(=O)n(N)c(=O)n(C4CC4)c3c2Cl)C1. The number of nitrogens with two attached hydrogens (primary N) is 2. The first kappa shape index (κ1) is 17.4. The number of hydrogen-bond acceptors (Lipinski definition) is 5. The molecule has 0 unspecified atom stereocenters. The standard InChI is InChI=1S/C17H21ClFN5O2/c1-8-4-9(20)7-22(6-8)15-12(19)5-11-14(13(15)18)23(10-2-3-10)17(26)24(21)16(11)25/h5,8-10H,2-4,6-7,20-21H2,1H3/t8-,9-/m0/s1. The van der Waals surface area contributed by atoms with Gasteiger partial charge in [0.05, 0.1) is 21.6 Å². The molecule has 1 saturated heterocycles. The van der Waals surface area contributed by atoms with Crippen LogP contribution in [0.2, 0.25) is 5.02 Å². The third-order valence-electron chi connectivity index (χ3n) is 5.19. The van der Waals surface area contributed by atoms with E-state index in [1.165, 1.54) is 4.57 Å². The second-order valence-electron chi connectivity index (χ2n) is 7.48. The molecule has 1 aliphatic carbocycles. The van der Waals surface area contributed by atoms with E-state index in [2.05, 4.69) is 0 Å². The number of hydrogen-bond donors (Lipinski definition) is 2. The third-order valence-corrected chi connectivity index (χ3v) is 5.55. The molecule has 2 aliphatic rings. The van der Waals surface area contributed by atoms with Crippen molar-refractivity contribution >= 4 is 28.2 Å². The number of halogens is 2. The van der Waals surface area contributed by atoms with Crippen molar-refractivity contribution in [1.82, 2.24) is 9.24 Å². The van der Waals surface area contributed by atoms with E-state index in [4.69, 9.17) is 23.2 Å². The van der Waals surface area contributed by atoms with Crippen LogP contribution in [0.3, 0.4) is 0 Å². The Hall–Kier alpha value is -2.06. The van der Waals surface area contributed by atoms with Crippen molar-refractivity contribution in [1.29, 1.82) is 0 Å². The fraction of sp³-hybridized carbons (Fsp3) is 0.529. The Balaban J connectivity index is 2.02. The largest absolute Gasteiger partial charge is 0.366 e. The summed E-state index contributed by atoms with van der Waals surface area (Å²) in [6.45, 7) is 3.12. The zero-order chi connectivity index (χ0) is 18.7. The lowest BCUT2D eigenvalue weighted by atomic mass is 9.96. The molecule has 2 aromatic rings. The number of fused-ring (bicyclic) bond motifs is 1. The minimum absolute atomic E-state index is 0.0135. The lowest BCUT2D eigenvalue weighted by Gasteiger charge is -2.37. The predicted octanol–water partition coefficient (Wildman–Crippen LogP) is 1.18. The van der Waals surface area contributed by atoms with E-state index >= 15 is 0 Å². The van der Waals surface area contributed by atoms with Gasteiger partial charge in [-0.3, -0.25) is 9.36 Å². The molecule has 1 aliphatic heterocycles. The monoisotopic (exact) mass is 381 g/mol. The topological polar surface area (TPSA) is 99.3 Å². The predicted molar refractivity (Wildman–Crippen MR) is 99.8 cm³/mol. The molecule has 0 spiro atoms. The Morgan fingerprint density at radius 2 is 1.96 bits per heavy atom. The Morgan fingerprint density at radius 1 is 1.27 bits per heavy atom. The summed E-state index contributed by atoms with van der Waals surface area (Å²) < 4.78 is 16.9. The Morgan fingerprint density at radius 3 is 2.58 bits per heavy atom. The van der Waals surface area contributed by atoms with Gasteiger partial charge in [-0.2, -0.15) is 4.68 Å². The molecular formula is C17H21ClFN5O2. The maximum atomic E-state index is 14.9. The lowest BCUT2D eigenvalue weighted by Crippen LogP contribution is -2.47. The summed E-state index contributed by atoms with van der Waals surface area (Å²) in [5, 5.41) is 0.0857. The van der Waals surface area contributed by atoms with E-state index in [0.29, 0.717) is 17.8 Å². The van der Waals surface area contributed by atoms with Gasteiger partial charge in [-0.05, 0) is 31.2 Å². The molecule has 4 N–H and O–H groups in total. The second-order valence-corrected chi connectivity index (χ2v) is 7.86. The molecule has 140 valence electrons. The average Bonchev–Trinajstić information content (AvgIpc) is 3.38. The van der Waals surface area contributed by atoms with Crippen LogP contribution in [0.1, 0.15) is 32.2 Å². The highest BCUT2D eigenvalue weighted by Gasteiger charge is 2.32. The van der Waals surface area contributed by atoms with Crippen LogP contribution in [-0.4, -0.2) is 28.4 Å². The van der Waals surface area contributed by atoms with Crippen LogP contribution in [0.15, 0.2) is 15.7 Å². The number of aromatic nitrogens is 2. The second kappa shape index (κ2) is 5.99. The first-order valence-electron chi connectivity index (χ1n) is 8.74. The number of anilines is 1. The van der Waals surface area contributed by atoms with Crippen LogP contribution in [-0.2, 0) is 0 Å². The molecule has 0 radical (unpaired) electrons. The van der Waals surface area contributed by atoms with E-state index in [9.17, 15) is 14.0 Å². The van der Waals surface area contributed by atoms with Crippen molar-refractivity contribution in [2.24, 2.45) is 11.7 Å². The van der Waals surface area contributed by atoms with E-state index in [0.717, 1.165) is 25.3 Å². The summed E-state index contributed by atoms with van der Waals surface area (Å²) in [5.74, 6) is 5.29. The number of nitrogens with zero attached hydrogens (tertiary/aromatic N) is 3. The zero-order valence-corrected chi connectivity index (χ0v) is 15.2. The molecule has 2 atom stereocenters. The quantitative estimate of drug-likeness (QED) is 0.761. The normalized spacial score (nSPS) is 23.6. The molecule has 4 rings (SSSR count). The van der Waals surface area contributed by atoms with Crippen molar-refractivity contribution in [3.8, 4) is 0 Å². The van der Waals surface area contributed by atoms with Gasteiger partial charge in [0, 0.05) is 25.2 Å². The molecule has 7 nitrogen and oxygen atoms in total. The molecule has 2 heterocycles. The van der Waals surface area contributed by atoms with Crippen LogP contribution in [0.4, 0.5) is 10.1 Å². The number of piperidine rings is 1. The maximum absolute atomic E-state index is 14.9. The van der Waals surface area contributed by atoms with Gasteiger partial charge in [0.2, 0.25) is 0 Å². The van der Waals surface area contributed by atoms with Crippen molar-refractivity contribution in [2.75, 3.05) is 23.8 Å². The molecule has 26 heavy (non-hydrogen) atoms. The average molecular weight is 382 g/mol. The van der Waals surface area contributed by atoms with Gasteiger partial charge in [-0.1, -0.05) is 18.5 Å². The van der Waals surface area contributed by atoms with Gasteiger partial charge in [0.25, 0.3) is 5.56 Å². The highest BCUT2D eigenvalue weighted by Crippen LogP contribution is 2.41. The van der Waals surface area contributed by atoms with Crippen LogP contribution >= 0.6 is 11.6 Å². The molecule has 2 fully saturated rings. The Kier molecular flexibility index (Phi) is 4.00. The summed E-state index contributed by atoms with van der Waals surface area (Å²) in [4.78, 5) is 26.7. The highest BCUT2D eigenvalue weighted by atomic mass is 35.5. The van der Waals surface area contributed by atoms with Gasteiger partial charge in [-0.25, -0.2) is 9.18 Å². The molecule has 9 heteroatoms. The lowest BCUT2D eigenvalue weighted by molar-refractivity contribution is 0.398. The Bertz CT molecular complexity index is 1000. The fourth-order valence-electron chi connectivity index (χ4n) is 3.97. The van der Waals surface area contributed by atoms with E-state index < -0.39 is 17.1 Å². The molecule has 0 amide bonds. The third kappa shape index (κ3) is 2.59. The van der Waals surface area contributed by atoms with Crippen LogP contribution in [0, 0.1) is 11.7 Å². The maximum Gasteiger partial charge on any atom is 0.350 e. The molecule has 1 aromatic carbocycles. The van der Waals surface area contributed by atoms with Crippen molar-refractivity contribution < 1.29 is 4.39 Å². The van der Waals surface area contributed by atoms with Gasteiger partial charge in [0.15, 0.2) is 0 Å². The summed E-state index contributed by atoms with van der Waals surface area (Å²) in [6, 6.07) is 0.970. The number of benzene rings is 1. The molecule has 1 aromatic heterocycles. The van der Waals surface area contributed by atoms with Crippen molar-refractivity contribution in [3.63, 3.8) is 0 Å². The molecule has 1 saturated carbocycles. The Labute approximate surface area is 153 Å². The summed E-state index contributed by atoms with van der Waals surface area (Å²) in [6.07, 6.45) is 2.44. The number of rotatable bonds is 2. The van der Waals surface area contributed by atoms with E-state index in [1.54, 1.807) is 0 Å². The van der Waals surface area contributed by atoms with E-state index in [-0.39, 0.29) is 39.6 Å². The van der Waals surface area contributed by atoms with Crippen LogP contribution < -0.4 is 27.7 Å². The van der Waals surface area contributed by atoms with Crippen LogP contribution in [0.5, 0.6) is 0 Å². The minimum atomic E-state index is -0.752. The smallest absolute Gasteiger partial charge is 0.350 e.